The van der Waals surface area contributed by atoms with Crippen molar-refractivity contribution >= 4 is 34.5 Å². The molecule has 0 aromatic carbocycles. The summed E-state index contributed by atoms with van der Waals surface area (Å²) in [5.41, 5.74) is 0.188. The van der Waals surface area contributed by atoms with Crippen molar-refractivity contribution in [2.75, 3.05) is 5.32 Å². The maximum atomic E-state index is 12.2. The van der Waals surface area contributed by atoms with Gasteiger partial charge in [0.2, 0.25) is 0 Å². The SMILES string of the molecule is CCn1cc(NC(=O)c2cc(C#N)c(C#N)s2)cc(Cl)c1=O. The van der Waals surface area contributed by atoms with E-state index in [9.17, 15) is 9.59 Å². The van der Waals surface area contributed by atoms with E-state index < -0.39 is 5.91 Å². The number of rotatable bonds is 3. The van der Waals surface area contributed by atoms with Gasteiger partial charge in [0.15, 0.2) is 0 Å². The van der Waals surface area contributed by atoms with Crippen LogP contribution in [-0.2, 0) is 6.54 Å². The van der Waals surface area contributed by atoms with Gasteiger partial charge in [0, 0.05) is 12.7 Å². The maximum absolute atomic E-state index is 12.2. The van der Waals surface area contributed by atoms with Gasteiger partial charge in [0.25, 0.3) is 11.5 Å². The number of amides is 1. The first-order valence-electron chi connectivity index (χ1n) is 6.15. The third-order valence-electron chi connectivity index (χ3n) is 2.82. The topological polar surface area (TPSA) is 98.7 Å². The highest BCUT2D eigenvalue weighted by Gasteiger charge is 2.15. The summed E-state index contributed by atoms with van der Waals surface area (Å²) in [5, 5.41) is 20.4. The molecule has 0 bridgehead atoms. The molecule has 0 spiro atoms. The molecule has 1 N–H and O–H groups in total. The number of halogens is 1. The van der Waals surface area contributed by atoms with Gasteiger partial charge < -0.3 is 9.88 Å². The fraction of sp³-hybridized carbons (Fsp3) is 0.143. The van der Waals surface area contributed by atoms with Gasteiger partial charge in [-0.1, -0.05) is 11.6 Å². The lowest BCUT2D eigenvalue weighted by molar-refractivity contribution is 0.103. The molecule has 0 saturated carbocycles. The van der Waals surface area contributed by atoms with Crippen molar-refractivity contribution in [3.63, 3.8) is 0 Å². The van der Waals surface area contributed by atoms with Crippen LogP contribution in [0.15, 0.2) is 23.1 Å². The molecule has 1 amide bonds. The minimum atomic E-state index is -0.472. The van der Waals surface area contributed by atoms with E-state index in [1.54, 1.807) is 6.92 Å². The molecule has 0 saturated heterocycles. The van der Waals surface area contributed by atoms with Crippen molar-refractivity contribution < 1.29 is 4.79 Å². The van der Waals surface area contributed by atoms with Crippen LogP contribution in [0, 0.1) is 22.7 Å². The second kappa shape index (κ2) is 6.44. The Morgan fingerprint density at radius 1 is 1.41 bits per heavy atom. The Hall–Kier alpha value is -2.61. The molecule has 0 unspecified atom stereocenters. The fourth-order valence-electron chi connectivity index (χ4n) is 1.76. The first-order chi connectivity index (χ1) is 10.5. The maximum Gasteiger partial charge on any atom is 0.269 e. The van der Waals surface area contributed by atoms with Gasteiger partial charge in [0.05, 0.1) is 16.1 Å². The molecular weight excluding hydrogens is 324 g/mol. The van der Waals surface area contributed by atoms with Gasteiger partial charge in [-0.05, 0) is 19.1 Å². The Kier molecular flexibility index (Phi) is 4.62. The molecular formula is C14H9ClN4O2S. The molecule has 110 valence electrons. The first kappa shape index (κ1) is 15.8. The number of anilines is 1. The summed E-state index contributed by atoms with van der Waals surface area (Å²) in [6, 6.07) is 6.45. The van der Waals surface area contributed by atoms with E-state index in [2.05, 4.69) is 5.32 Å². The van der Waals surface area contributed by atoms with Crippen LogP contribution in [0.5, 0.6) is 0 Å². The second-order valence-electron chi connectivity index (χ2n) is 4.20. The van der Waals surface area contributed by atoms with Crippen LogP contribution >= 0.6 is 22.9 Å². The molecule has 0 fully saturated rings. The van der Waals surface area contributed by atoms with E-state index in [1.165, 1.54) is 22.9 Å². The van der Waals surface area contributed by atoms with Crippen molar-refractivity contribution in [1.29, 1.82) is 10.5 Å². The number of nitrogens with zero attached hydrogens (tertiary/aromatic N) is 3. The molecule has 2 aromatic rings. The van der Waals surface area contributed by atoms with E-state index in [-0.39, 0.29) is 25.9 Å². The molecule has 0 aliphatic carbocycles. The fourth-order valence-corrected chi connectivity index (χ4v) is 2.79. The van der Waals surface area contributed by atoms with Gasteiger partial charge >= 0.3 is 0 Å². The van der Waals surface area contributed by atoms with Crippen LogP contribution in [0.2, 0.25) is 5.02 Å². The van der Waals surface area contributed by atoms with Gasteiger partial charge in [-0.25, -0.2) is 0 Å². The lowest BCUT2D eigenvalue weighted by Crippen LogP contribution is -2.21. The van der Waals surface area contributed by atoms with Crippen LogP contribution in [-0.4, -0.2) is 10.5 Å². The lowest BCUT2D eigenvalue weighted by atomic mass is 10.2. The summed E-state index contributed by atoms with van der Waals surface area (Å²) in [6.45, 7) is 2.19. The number of nitriles is 2. The van der Waals surface area contributed by atoms with Crippen LogP contribution in [0.4, 0.5) is 5.69 Å². The summed E-state index contributed by atoms with van der Waals surface area (Å²) in [4.78, 5) is 24.3. The number of hydrogen-bond acceptors (Lipinski definition) is 5. The van der Waals surface area contributed by atoms with Crippen LogP contribution in [0.1, 0.15) is 27.0 Å². The number of carbonyl (C=O) groups is 1. The molecule has 6 nitrogen and oxygen atoms in total. The van der Waals surface area contributed by atoms with E-state index in [0.29, 0.717) is 12.2 Å². The van der Waals surface area contributed by atoms with Gasteiger partial charge in [-0.15, -0.1) is 11.3 Å². The summed E-state index contributed by atoms with van der Waals surface area (Å²) in [7, 11) is 0. The predicted octanol–water partition coefficient (Wildman–Crippen LogP) is 2.58. The first-order valence-corrected chi connectivity index (χ1v) is 7.35. The Balaban J connectivity index is 2.32. The second-order valence-corrected chi connectivity index (χ2v) is 5.66. The normalized spacial score (nSPS) is 9.82. The summed E-state index contributed by atoms with van der Waals surface area (Å²) in [6.07, 6.45) is 1.48. The van der Waals surface area contributed by atoms with Crippen LogP contribution in [0.3, 0.4) is 0 Å². The highest BCUT2D eigenvalue weighted by Crippen LogP contribution is 2.22. The predicted molar refractivity (Wildman–Crippen MR) is 83.1 cm³/mol. The molecule has 2 heterocycles. The van der Waals surface area contributed by atoms with Crippen LogP contribution in [0.25, 0.3) is 0 Å². The zero-order valence-electron chi connectivity index (χ0n) is 11.4. The molecule has 8 heteroatoms. The molecule has 0 aliphatic rings. The Labute approximate surface area is 134 Å². The number of aryl methyl sites for hydroxylation is 1. The van der Waals surface area contributed by atoms with Gasteiger partial charge in [-0.3, -0.25) is 9.59 Å². The standard InChI is InChI=1S/C14H9ClN4O2S/c1-2-19-7-9(4-10(15)14(19)21)18-13(20)11-3-8(5-16)12(6-17)22-11/h3-4,7H,2H2,1H3,(H,18,20). The average molecular weight is 333 g/mol. The number of carbonyl (C=O) groups excluding carboxylic acids is 1. The Morgan fingerprint density at radius 2 is 2.14 bits per heavy atom. The van der Waals surface area contributed by atoms with Crippen LogP contribution < -0.4 is 10.9 Å². The monoisotopic (exact) mass is 332 g/mol. The number of aromatic nitrogens is 1. The van der Waals surface area contributed by atoms with Gasteiger partial charge in [-0.2, -0.15) is 10.5 Å². The third kappa shape index (κ3) is 3.01. The quantitative estimate of drug-likeness (QED) is 0.933. The van der Waals surface area contributed by atoms with Crippen molar-refractivity contribution in [2.45, 2.75) is 13.5 Å². The average Bonchev–Trinajstić information content (AvgIpc) is 2.94. The molecule has 22 heavy (non-hydrogen) atoms. The van der Waals surface area contributed by atoms with E-state index in [1.807, 2.05) is 12.1 Å². The van der Waals surface area contributed by atoms with Crippen molar-refractivity contribution in [3.05, 3.63) is 49.0 Å². The molecule has 0 radical (unpaired) electrons. The summed E-state index contributed by atoms with van der Waals surface area (Å²) in [5.74, 6) is -0.472. The van der Waals surface area contributed by atoms with Gasteiger partial charge in [0.1, 0.15) is 22.0 Å². The number of hydrogen-bond donors (Lipinski definition) is 1. The Morgan fingerprint density at radius 3 is 2.68 bits per heavy atom. The van der Waals surface area contributed by atoms with Crippen molar-refractivity contribution in [1.82, 2.24) is 4.57 Å². The highest BCUT2D eigenvalue weighted by atomic mass is 35.5. The minimum absolute atomic E-state index is 0.00116. The largest absolute Gasteiger partial charge is 0.320 e. The minimum Gasteiger partial charge on any atom is -0.320 e. The number of thiophene rings is 1. The van der Waals surface area contributed by atoms with E-state index in [0.717, 1.165) is 11.3 Å². The zero-order chi connectivity index (χ0) is 16.3. The number of nitrogens with one attached hydrogen (secondary N) is 1. The van der Waals surface area contributed by atoms with Crippen molar-refractivity contribution in [2.24, 2.45) is 0 Å². The summed E-state index contributed by atoms with van der Waals surface area (Å²) < 4.78 is 1.37. The molecule has 0 atom stereocenters. The zero-order valence-corrected chi connectivity index (χ0v) is 13.0. The Bertz CT molecular complexity index is 854. The molecule has 2 aromatic heterocycles. The molecule has 0 aliphatic heterocycles. The smallest absolute Gasteiger partial charge is 0.269 e. The lowest BCUT2D eigenvalue weighted by Gasteiger charge is -2.08. The van der Waals surface area contributed by atoms with Crippen molar-refractivity contribution in [3.8, 4) is 12.1 Å². The summed E-state index contributed by atoms with van der Waals surface area (Å²) >= 11 is 6.76. The number of pyridine rings is 1. The van der Waals surface area contributed by atoms with E-state index >= 15 is 0 Å². The third-order valence-corrected chi connectivity index (χ3v) is 4.13. The molecule has 2 rings (SSSR count). The van der Waals surface area contributed by atoms with E-state index in [4.69, 9.17) is 22.1 Å². The highest BCUT2D eigenvalue weighted by molar-refractivity contribution is 7.14.